The molecule has 0 bridgehead atoms. The van der Waals surface area contributed by atoms with Gasteiger partial charge in [-0.05, 0) is 30.0 Å². The highest BCUT2D eigenvalue weighted by Crippen LogP contribution is 2.63. The van der Waals surface area contributed by atoms with Crippen molar-refractivity contribution in [2.75, 3.05) is 0 Å². The van der Waals surface area contributed by atoms with Crippen LogP contribution in [-0.2, 0) is 0 Å². The second-order valence-electron chi connectivity index (χ2n) is 10.5. The first-order valence-corrected chi connectivity index (χ1v) is 13.2. The largest absolute Gasteiger partial charge is 0.460 e. The maximum Gasteiger partial charge on any atom is 0.460 e. The van der Waals surface area contributed by atoms with E-state index in [9.17, 15) is 114 Å². The average Bonchev–Trinajstić information content (AvgIpc) is 2.91. The van der Waals surface area contributed by atoms with E-state index < -0.39 is 96.8 Å². The lowest BCUT2D eigenvalue weighted by Gasteiger charge is -2.42. The number of hydrogen-bond acceptors (Lipinski definition) is 0. The Morgan fingerprint density at radius 2 is 0.686 bits per heavy atom. The molecule has 0 spiro atoms. The zero-order valence-corrected chi connectivity index (χ0v) is 25.0. The van der Waals surface area contributed by atoms with Gasteiger partial charge in [0.05, 0.1) is 0 Å². The molecule has 0 nitrogen and oxygen atoms in total. The van der Waals surface area contributed by atoms with Gasteiger partial charge in [0.25, 0.3) is 0 Å². The number of halogens is 27. The summed E-state index contributed by atoms with van der Waals surface area (Å²) in [5.41, 5.74) is -0.216. The summed E-state index contributed by atoms with van der Waals surface area (Å²) >= 11 is 2.86. The second-order valence-corrected chi connectivity index (χ2v) is 11.4. The Bertz CT molecular complexity index is 1290. The zero-order valence-electron chi connectivity index (χ0n) is 23.4. The highest BCUT2D eigenvalue weighted by atomic mass is 79.9. The van der Waals surface area contributed by atoms with Crippen molar-refractivity contribution in [2.24, 2.45) is 5.92 Å². The summed E-state index contributed by atoms with van der Waals surface area (Å²) in [6, 6.07) is 4.24. The average molecular weight is 875 g/mol. The molecule has 298 valence electrons. The van der Waals surface area contributed by atoms with Crippen LogP contribution in [0.1, 0.15) is 24.8 Å². The molecule has 0 radical (unpaired) electrons. The molecule has 0 aliphatic carbocycles. The van der Waals surface area contributed by atoms with Crippen molar-refractivity contribution in [3.8, 4) is 0 Å². The van der Waals surface area contributed by atoms with Gasteiger partial charge in [-0.25, -0.2) is 0 Å². The van der Waals surface area contributed by atoms with Gasteiger partial charge in [-0.2, -0.15) is 114 Å². The van der Waals surface area contributed by atoms with Gasteiger partial charge in [0.1, 0.15) is 0 Å². The van der Waals surface area contributed by atoms with E-state index in [0.29, 0.717) is 6.08 Å². The Morgan fingerprint density at radius 1 is 0.412 bits per heavy atom. The lowest BCUT2D eigenvalue weighted by molar-refractivity contribution is -0.442. The molecule has 0 aromatic heterocycles. The first-order chi connectivity index (χ1) is 22.1. The van der Waals surface area contributed by atoms with Crippen molar-refractivity contribution in [3.63, 3.8) is 0 Å². The number of rotatable bonds is 15. The SMILES string of the molecule is FC(F)(F)C(F)(F)C(F)(F)C(F)(F)C(F)(F)C(F)(F)CC(CC=Cc1ccc(Br)cc1)CC(F)(F)C(F)(F)C(F)(F)C(F)(F)C(F)(F)C(F)(F)F. The molecular formula is C24H13BrF26. The van der Waals surface area contributed by atoms with Crippen LogP contribution < -0.4 is 0 Å². The third kappa shape index (κ3) is 7.68. The third-order valence-electron chi connectivity index (χ3n) is 6.74. The monoisotopic (exact) mass is 874 g/mol. The van der Waals surface area contributed by atoms with Crippen molar-refractivity contribution in [2.45, 2.75) is 90.8 Å². The van der Waals surface area contributed by atoms with Gasteiger partial charge in [0.2, 0.25) is 0 Å². The summed E-state index contributed by atoms with van der Waals surface area (Å²) in [5, 5.41) is 0. The molecule has 1 rings (SSSR count). The van der Waals surface area contributed by atoms with E-state index in [-0.39, 0.29) is 16.1 Å². The normalized spacial score (nSPS) is 16.1. The summed E-state index contributed by atoms with van der Waals surface area (Å²) in [6.45, 7) is 0. The summed E-state index contributed by atoms with van der Waals surface area (Å²) in [6.07, 6.45) is -24.8. The van der Waals surface area contributed by atoms with Crippen LogP contribution in [0.3, 0.4) is 0 Å². The molecule has 0 fully saturated rings. The molecule has 1 aromatic rings. The lowest BCUT2D eigenvalue weighted by atomic mass is 9.82. The van der Waals surface area contributed by atoms with E-state index in [2.05, 4.69) is 15.9 Å². The van der Waals surface area contributed by atoms with E-state index in [1.807, 2.05) is 0 Å². The van der Waals surface area contributed by atoms with E-state index >= 15 is 0 Å². The summed E-state index contributed by atoms with van der Waals surface area (Å²) in [7, 11) is 0. The fourth-order valence-electron chi connectivity index (χ4n) is 3.79. The molecule has 0 heterocycles. The first-order valence-electron chi connectivity index (χ1n) is 12.4. The minimum atomic E-state index is -8.56. The van der Waals surface area contributed by atoms with Gasteiger partial charge in [-0.15, -0.1) is 0 Å². The molecule has 0 amide bonds. The van der Waals surface area contributed by atoms with E-state index in [1.165, 1.54) is 0 Å². The molecule has 51 heavy (non-hydrogen) atoms. The summed E-state index contributed by atoms with van der Waals surface area (Å²) in [4.78, 5) is 0. The van der Waals surface area contributed by atoms with Gasteiger partial charge < -0.3 is 0 Å². The smallest absolute Gasteiger partial charge is 0.200 e. The van der Waals surface area contributed by atoms with Crippen LogP contribution in [0.4, 0.5) is 114 Å². The molecule has 0 aliphatic rings. The first kappa shape index (κ1) is 46.6. The van der Waals surface area contributed by atoms with Crippen LogP contribution in [0.25, 0.3) is 6.08 Å². The molecule has 1 aromatic carbocycles. The fraction of sp³-hybridized carbons (Fsp3) is 0.667. The molecular weight excluding hydrogens is 862 g/mol. The Labute approximate surface area is 273 Å². The maximum atomic E-state index is 14.5. The van der Waals surface area contributed by atoms with E-state index in [4.69, 9.17) is 0 Å². The predicted octanol–water partition coefficient (Wildman–Crippen LogP) is 12.7. The van der Waals surface area contributed by atoms with Gasteiger partial charge in [-0.3, -0.25) is 0 Å². The van der Waals surface area contributed by atoms with Crippen molar-refractivity contribution in [1.82, 2.24) is 0 Å². The number of allylic oxidation sites excluding steroid dienone is 1. The minimum Gasteiger partial charge on any atom is -0.200 e. The van der Waals surface area contributed by atoms with Gasteiger partial charge in [-0.1, -0.05) is 40.2 Å². The summed E-state index contributed by atoms with van der Waals surface area (Å²) < 4.78 is 351. The van der Waals surface area contributed by atoms with Crippen LogP contribution >= 0.6 is 15.9 Å². The topological polar surface area (TPSA) is 0 Å². The molecule has 0 unspecified atom stereocenters. The highest BCUT2D eigenvalue weighted by Gasteiger charge is 2.92. The van der Waals surface area contributed by atoms with Gasteiger partial charge in [0.15, 0.2) is 0 Å². The molecule has 0 saturated heterocycles. The van der Waals surface area contributed by atoms with Gasteiger partial charge in [0, 0.05) is 17.3 Å². The van der Waals surface area contributed by atoms with E-state index in [1.54, 1.807) is 0 Å². The molecule has 27 heteroatoms. The van der Waals surface area contributed by atoms with Crippen LogP contribution in [0.15, 0.2) is 34.8 Å². The molecule has 0 saturated carbocycles. The van der Waals surface area contributed by atoms with E-state index in [0.717, 1.165) is 24.3 Å². The van der Waals surface area contributed by atoms with Crippen molar-refractivity contribution < 1.29 is 114 Å². The highest BCUT2D eigenvalue weighted by molar-refractivity contribution is 9.10. The molecule has 0 aliphatic heterocycles. The fourth-order valence-corrected chi connectivity index (χ4v) is 4.06. The van der Waals surface area contributed by atoms with Crippen LogP contribution in [-0.4, -0.2) is 71.6 Å². The molecule has 0 atom stereocenters. The van der Waals surface area contributed by atoms with Crippen molar-refractivity contribution >= 4 is 22.0 Å². The maximum absolute atomic E-state index is 14.5. The Balaban J connectivity index is 3.82. The number of alkyl halides is 26. The quantitative estimate of drug-likeness (QED) is 0.154. The van der Waals surface area contributed by atoms with Gasteiger partial charge >= 0.3 is 71.6 Å². The van der Waals surface area contributed by atoms with Crippen LogP contribution in [0, 0.1) is 5.92 Å². The van der Waals surface area contributed by atoms with Crippen molar-refractivity contribution in [3.05, 3.63) is 40.4 Å². The number of hydrogen-bond donors (Lipinski definition) is 0. The van der Waals surface area contributed by atoms with Crippen LogP contribution in [0.5, 0.6) is 0 Å². The zero-order chi connectivity index (χ0) is 41.1. The second kappa shape index (κ2) is 13.5. The lowest BCUT2D eigenvalue weighted by Crippen LogP contribution is -2.70. The summed E-state index contributed by atoms with van der Waals surface area (Å²) in [5.74, 6) is -85.9. The molecule has 0 N–H and O–H groups in total. The Kier molecular flexibility index (Phi) is 12.3. The van der Waals surface area contributed by atoms with Crippen LogP contribution in [0.2, 0.25) is 0 Å². The Hall–Kier alpha value is -2.38. The number of benzene rings is 1. The minimum absolute atomic E-state index is 0.117. The standard InChI is InChI=1S/C24H13BrF26/c25-12-6-4-10(5-7-12)2-1-3-11(8-13(26,27)15(30,31)17(34,35)19(38,39)21(42,43)23(46,47)48)9-14(28,29)16(32,33)18(36,37)20(40,41)22(44,45)24(49,50)51/h1-2,4-7,11H,3,8-9H2. The van der Waals surface area contributed by atoms with Crippen molar-refractivity contribution in [1.29, 1.82) is 0 Å². The third-order valence-corrected chi connectivity index (χ3v) is 7.27. The predicted molar refractivity (Wildman–Crippen MR) is 122 cm³/mol. The Morgan fingerprint density at radius 3 is 0.961 bits per heavy atom.